The van der Waals surface area contributed by atoms with Gasteiger partial charge in [0.15, 0.2) is 0 Å². The zero-order valence-corrected chi connectivity index (χ0v) is 37.2. The van der Waals surface area contributed by atoms with Crippen LogP contribution in [0.15, 0.2) is 94.7 Å². The van der Waals surface area contributed by atoms with Gasteiger partial charge in [-0.15, -0.1) is 0 Å². The topological polar surface area (TPSA) is 148 Å². The molecule has 8 rings (SSSR count). The van der Waals surface area contributed by atoms with Crippen molar-refractivity contribution in [2.45, 2.75) is 61.4 Å². The molecule has 4 heterocycles. The van der Waals surface area contributed by atoms with Gasteiger partial charge in [-0.25, -0.2) is 30.8 Å². The number of nitrogens with two attached hydrogens (primary N) is 1. The van der Waals surface area contributed by atoms with Crippen LogP contribution in [-0.2, 0) is 41.5 Å². The Kier molecular flexibility index (Phi) is 13.7. The predicted molar refractivity (Wildman–Crippen MR) is 238 cm³/mol. The highest BCUT2D eigenvalue weighted by Crippen LogP contribution is 2.32. The fraction of sp³-hybridized carbons (Fsp3) is 0.409. The molecule has 2 saturated heterocycles. The van der Waals surface area contributed by atoms with Crippen molar-refractivity contribution in [2.75, 3.05) is 85.0 Å². The zero-order chi connectivity index (χ0) is 44.3. The monoisotopic (exact) mass is 911 g/mol. The van der Waals surface area contributed by atoms with Crippen LogP contribution in [0, 0.1) is 11.6 Å². The Morgan fingerprint density at radius 3 is 1.29 bits per heavy atom. The molecule has 2 N–H and O–H groups in total. The van der Waals surface area contributed by atoms with Crippen molar-refractivity contribution in [3.05, 3.63) is 108 Å². The molecule has 0 saturated carbocycles. The number of carbonyl (C=O) groups excluding carboxylic acids is 2. The average molecular weight is 913 g/mol. The number of sulfonamides is 1. The molecule has 0 aromatic heterocycles. The van der Waals surface area contributed by atoms with Crippen LogP contribution in [0.2, 0.25) is 0 Å². The predicted octanol–water partition coefficient (Wildman–Crippen LogP) is 5.21. The molecule has 2 amide bonds. The van der Waals surface area contributed by atoms with Crippen LogP contribution in [0.5, 0.6) is 0 Å². The average Bonchev–Trinajstić information content (AvgIpc) is 3.27. The smallest absolute Gasteiger partial charge is 0.261 e. The van der Waals surface area contributed by atoms with Gasteiger partial charge in [0.1, 0.15) is 23.7 Å². The van der Waals surface area contributed by atoms with E-state index in [1.807, 2.05) is 23.6 Å². The lowest BCUT2D eigenvalue weighted by atomic mass is 9.99. The minimum absolute atomic E-state index is 0.0698. The molecular weight excluding hydrogens is 860 g/mol. The van der Waals surface area contributed by atoms with Gasteiger partial charge in [-0.3, -0.25) is 9.59 Å². The first-order valence-electron chi connectivity index (χ1n) is 20.8. The third-order valence-corrected chi connectivity index (χ3v) is 14.5. The van der Waals surface area contributed by atoms with Crippen LogP contribution >= 0.6 is 10.7 Å². The highest BCUT2D eigenvalue weighted by molar-refractivity contribution is 8.13. The fourth-order valence-corrected chi connectivity index (χ4v) is 10.1. The number of aryl methyl sites for hydroxylation is 2. The summed E-state index contributed by atoms with van der Waals surface area (Å²) in [4.78, 5) is 38.7. The van der Waals surface area contributed by atoms with Gasteiger partial charge in [0.25, 0.3) is 9.05 Å². The molecule has 4 aromatic carbocycles. The zero-order valence-electron chi connectivity index (χ0n) is 34.8. The number of amides is 2. The van der Waals surface area contributed by atoms with Gasteiger partial charge in [-0.2, -0.15) is 0 Å². The molecule has 2 atom stereocenters. The molecule has 4 aliphatic rings. The van der Waals surface area contributed by atoms with Crippen molar-refractivity contribution < 1.29 is 35.2 Å². The van der Waals surface area contributed by atoms with Crippen molar-refractivity contribution in [1.29, 1.82) is 0 Å². The van der Waals surface area contributed by atoms with Gasteiger partial charge in [0.05, 0.1) is 9.79 Å². The maximum Gasteiger partial charge on any atom is 0.261 e. The molecule has 4 aliphatic heterocycles. The summed E-state index contributed by atoms with van der Waals surface area (Å²) < 4.78 is 72.9. The minimum Gasteiger partial charge on any atom is -0.368 e. The third-order valence-electron chi connectivity index (χ3n) is 12.2. The number of hydrogen-bond donors (Lipinski definition) is 1. The van der Waals surface area contributed by atoms with Crippen LogP contribution in [-0.4, -0.2) is 116 Å². The van der Waals surface area contributed by atoms with Gasteiger partial charge < -0.3 is 29.4 Å². The van der Waals surface area contributed by atoms with Gasteiger partial charge >= 0.3 is 0 Å². The molecule has 18 heteroatoms. The van der Waals surface area contributed by atoms with E-state index >= 15 is 0 Å². The van der Waals surface area contributed by atoms with Gasteiger partial charge in [0.2, 0.25) is 21.8 Å². The number of fused-ring (bicyclic) bond motifs is 2. The number of hydrogen-bond acceptors (Lipinski definition) is 10. The Bertz CT molecular complexity index is 2310. The summed E-state index contributed by atoms with van der Waals surface area (Å²) in [5.41, 5.74) is 5.61. The summed E-state index contributed by atoms with van der Waals surface area (Å²) in [5, 5.41) is 5.16. The molecule has 0 spiro atoms. The normalized spacial score (nSPS) is 18.0. The van der Waals surface area contributed by atoms with E-state index in [0.29, 0.717) is 52.4 Å². The van der Waals surface area contributed by atoms with Gasteiger partial charge in [0, 0.05) is 98.9 Å². The molecule has 0 radical (unpaired) electrons. The van der Waals surface area contributed by atoms with Crippen molar-refractivity contribution in [1.82, 2.24) is 9.80 Å². The molecular formula is C44H52ClF2N7O6S2. The molecule has 2 fully saturated rings. The maximum absolute atomic E-state index is 13.6. The summed E-state index contributed by atoms with van der Waals surface area (Å²) in [6, 6.07) is 21.9. The van der Waals surface area contributed by atoms with E-state index in [4.69, 9.17) is 15.8 Å². The van der Waals surface area contributed by atoms with Crippen LogP contribution in [0.25, 0.3) is 0 Å². The summed E-state index contributed by atoms with van der Waals surface area (Å²) in [7, 11) is -2.07. The first kappa shape index (κ1) is 45.1. The standard InChI is InChI=1S/C22H25ClFN3O3S.C22H27FN4O3S/c1-16(27-10-2-3-17-15-18(24)4-9-21(17)27)22(28)26-13-11-25(12-14-26)19-5-7-20(8-6-19)31(23,29)30;1-16(27-10-2-3-17-15-18(23)4-9-21(17)27)22(28)26-13-11-25(12-14-26)19-5-7-20(8-6-19)31(24,29)30/h4-9,15-16H,2-3,10-14H2,1H3;4-9,15-16H,2-3,10-14H2,1H3,(H2,24,29,30)/t2*16-/m11/s1. The molecule has 332 valence electrons. The minimum atomic E-state index is -3.74. The first-order valence-corrected chi connectivity index (χ1v) is 24.7. The lowest BCUT2D eigenvalue weighted by Crippen LogP contribution is -2.55. The second-order valence-electron chi connectivity index (χ2n) is 16.1. The Morgan fingerprint density at radius 2 is 0.935 bits per heavy atom. The van der Waals surface area contributed by atoms with E-state index in [-0.39, 0.29) is 45.3 Å². The van der Waals surface area contributed by atoms with Crippen LogP contribution in [0.1, 0.15) is 37.8 Å². The van der Waals surface area contributed by atoms with Gasteiger partial charge in [-0.05, 0) is 136 Å². The van der Waals surface area contributed by atoms with Crippen molar-refractivity contribution in [3.63, 3.8) is 0 Å². The quantitative estimate of drug-likeness (QED) is 0.234. The molecule has 0 aliphatic carbocycles. The third kappa shape index (κ3) is 10.3. The molecule has 13 nitrogen and oxygen atoms in total. The van der Waals surface area contributed by atoms with Crippen molar-refractivity contribution in [2.24, 2.45) is 5.14 Å². The summed E-state index contributed by atoms with van der Waals surface area (Å²) in [6.07, 6.45) is 3.45. The molecule has 62 heavy (non-hydrogen) atoms. The van der Waals surface area contributed by atoms with Crippen molar-refractivity contribution in [3.8, 4) is 0 Å². The van der Waals surface area contributed by atoms with Crippen molar-refractivity contribution >= 4 is 64.3 Å². The highest BCUT2D eigenvalue weighted by atomic mass is 35.7. The van der Waals surface area contributed by atoms with Crippen LogP contribution in [0.4, 0.5) is 31.5 Å². The van der Waals surface area contributed by atoms with E-state index in [0.717, 1.165) is 72.6 Å². The molecule has 0 bridgehead atoms. The summed E-state index contributed by atoms with van der Waals surface area (Å²) in [6.45, 7) is 10.4. The van der Waals surface area contributed by atoms with E-state index in [2.05, 4.69) is 19.6 Å². The van der Waals surface area contributed by atoms with E-state index < -0.39 is 19.1 Å². The Balaban J connectivity index is 0.000000186. The SMILES string of the molecule is C[C@H](C(=O)N1CCN(c2ccc(S(=O)(=O)Cl)cc2)CC1)N1CCCc2cc(F)ccc21.C[C@H](C(=O)N1CCN(c2ccc(S(N)(=O)=O)cc2)CC1)N1CCCc2cc(F)ccc21. The Hall–Kier alpha value is -4.97. The number of anilines is 4. The lowest BCUT2D eigenvalue weighted by molar-refractivity contribution is -0.133. The largest absolute Gasteiger partial charge is 0.368 e. The number of nitrogens with zero attached hydrogens (tertiary/aromatic N) is 6. The lowest BCUT2D eigenvalue weighted by Gasteiger charge is -2.41. The number of rotatable bonds is 8. The highest BCUT2D eigenvalue weighted by Gasteiger charge is 2.33. The second-order valence-corrected chi connectivity index (χ2v) is 20.2. The number of benzene rings is 4. The maximum atomic E-state index is 13.6. The molecule has 0 unspecified atom stereocenters. The van der Waals surface area contributed by atoms with Crippen LogP contribution < -0.4 is 24.7 Å². The fourth-order valence-electron chi connectivity index (χ4n) is 8.83. The van der Waals surface area contributed by atoms with Crippen LogP contribution in [0.3, 0.4) is 0 Å². The number of halogens is 3. The van der Waals surface area contributed by atoms with E-state index in [1.165, 1.54) is 36.4 Å². The summed E-state index contributed by atoms with van der Waals surface area (Å²) in [5.74, 6) is -0.345. The second kappa shape index (κ2) is 18.8. The number of carbonyl (C=O) groups is 2. The number of primary sulfonamides is 1. The number of piperazine rings is 2. The van der Waals surface area contributed by atoms with Gasteiger partial charge in [-0.1, -0.05) is 0 Å². The summed E-state index contributed by atoms with van der Waals surface area (Å²) >= 11 is 0. The Morgan fingerprint density at radius 1 is 0.565 bits per heavy atom. The Labute approximate surface area is 367 Å². The van der Waals surface area contributed by atoms with E-state index in [1.54, 1.807) is 48.5 Å². The molecule has 4 aromatic rings. The van der Waals surface area contributed by atoms with E-state index in [9.17, 15) is 35.2 Å². The first-order chi connectivity index (χ1) is 29.5.